The Morgan fingerprint density at radius 2 is 2.00 bits per heavy atom. The van der Waals surface area contributed by atoms with Crippen molar-refractivity contribution in [1.82, 2.24) is 0 Å². The highest BCUT2D eigenvalue weighted by Gasteiger charge is 2.11. The van der Waals surface area contributed by atoms with E-state index in [0.29, 0.717) is 5.92 Å². The molecule has 0 radical (unpaired) electrons. The van der Waals surface area contributed by atoms with Crippen LogP contribution in [0.3, 0.4) is 0 Å². The van der Waals surface area contributed by atoms with E-state index in [0.717, 1.165) is 17.9 Å². The summed E-state index contributed by atoms with van der Waals surface area (Å²) in [6.07, 6.45) is 8.73. The molecule has 0 saturated carbocycles. The van der Waals surface area contributed by atoms with Gasteiger partial charge in [-0.1, -0.05) is 46.3 Å². The van der Waals surface area contributed by atoms with Crippen LogP contribution in [0.2, 0.25) is 0 Å². The van der Waals surface area contributed by atoms with Crippen LogP contribution in [-0.4, -0.2) is 0 Å². The third kappa shape index (κ3) is 9.87. The largest absolute Gasteiger partial charge is 0.193 e. The normalized spacial score (nSPS) is 14.0. The summed E-state index contributed by atoms with van der Waals surface area (Å²) in [5.74, 6) is 1.36. The van der Waals surface area contributed by atoms with Crippen LogP contribution in [0.4, 0.5) is 0 Å². The van der Waals surface area contributed by atoms with Gasteiger partial charge in [-0.3, -0.25) is 0 Å². The van der Waals surface area contributed by atoms with E-state index in [1.807, 2.05) is 32.9 Å². The van der Waals surface area contributed by atoms with Crippen molar-refractivity contribution in [2.45, 2.75) is 60.3 Å². The lowest BCUT2D eigenvalue weighted by Crippen LogP contribution is -2.07. The van der Waals surface area contributed by atoms with Gasteiger partial charge in [0.1, 0.15) is 0 Å². The zero-order valence-electron chi connectivity index (χ0n) is 12.3. The number of nitriles is 1. The highest BCUT2D eigenvalue weighted by Crippen LogP contribution is 2.22. The van der Waals surface area contributed by atoms with Crippen LogP contribution in [0.25, 0.3) is 0 Å². The summed E-state index contributed by atoms with van der Waals surface area (Å²) < 4.78 is 0. The maximum Gasteiger partial charge on any atom is 0.0940 e. The molecule has 0 aromatic heterocycles. The maximum absolute atomic E-state index is 8.58. The Balaban J connectivity index is 0. The van der Waals surface area contributed by atoms with Crippen molar-refractivity contribution >= 4 is 0 Å². The molecule has 0 aromatic carbocycles. The van der Waals surface area contributed by atoms with E-state index in [-0.39, 0.29) is 0 Å². The standard InChI is InChI=1S/C14H23N.C2H6/c1-5-13(4)14(6-2)10-8-7-9-12(3)11-15;1-2/h5,9,13-14H,1,6-8,10H2,2-4H3;1-2H3/b12-9+;. The van der Waals surface area contributed by atoms with Crippen LogP contribution in [0.5, 0.6) is 0 Å². The minimum absolute atomic E-state index is 0.607. The molecule has 1 heteroatoms. The Bertz CT molecular complexity index is 245. The molecule has 17 heavy (non-hydrogen) atoms. The van der Waals surface area contributed by atoms with Crippen molar-refractivity contribution in [2.75, 3.05) is 0 Å². The number of allylic oxidation sites excluding steroid dienone is 3. The Hall–Kier alpha value is -1.03. The maximum atomic E-state index is 8.58. The smallest absolute Gasteiger partial charge is 0.0940 e. The van der Waals surface area contributed by atoms with E-state index in [4.69, 9.17) is 5.26 Å². The topological polar surface area (TPSA) is 23.8 Å². The van der Waals surface area contributed by atoms with Gasteiger partial charge in [-0.2, -0.15) is 5.26 Å². The van der Waals surface area contributed by atoms with E-state index in [9.17, 15) is 0 Å². The van der Waals surface area contributed by atoms with Gasteiger partial charge in [0, 0.05) is 5.57 Å². The van der Waals surface area contributed by atoms with Crippen LogP contribution in [-0.2, 0) is 0 Å². The minimum Gasteiger partial charge on any atom is -0.193 e. The second kappa shape index (κ2) is 13.0. The molecule has 0 aromatic rings. The van der Waals surface area contributed by atoms with Gasteiger partial charge in [-0.15, -0.1) is 6.58 Å². The number of nitrogens with zero attached hydrogens (tertiary/aromatic N) is 1. The summed E-state index contributed by atoms with van der Waals surface area (Å²) in [5.41, 5.74) is 0.833. The van der Waals surface area contributed by atoms with Crippen LogP contribution in [0, 0.1) is 23.2 Å². The van der Waals surface area contributed by atoms with Crippen molar-refractivity contribution in [3.8, 4) is 6.07 Å². The average Bonchev–Trinajstić information content (AvgIpc) is 2.40. The third-order valence-electron chi connectivity index (χ3n) is 3.05. The minimum atomic E-state index is 0.607. The Labute approximate surface area is 108 Å². The Morgan fingerprint density at radius 1 is 1.41 bits per heavy atom. The van der Waals surface area contributed by atoms with Gasteiger partial charge < -0.3 is 0 Å². The van der Waals surface area contributed by atoms with Gasteiger partial charge >= 0.3 is 0 Å². The van der Waals surface area contributed by atoms with Gasteiger partial charge in [0.05, 0.1) is 6.07 Å². The monoisotopic (exact) mass is 235 g/mol. The lowest BCUT2D eigenvalue weighted by atomic mass is 9.87. The first-order chi connectivity index (χ1) is 8.15. The first kappa shape index (κ1) is 18.3. The number of hydrogen-bond donors (Lipinski definition) is 0. The molecule has 0 amide bonds. The van der Waals surface area contributed by atoms with Crippen molar-refractivity contribution < 1.29 is 0 Å². The molecule has 0 aliphatic heterocycles. The molecular weight excluding hydrogens is 206 g/mol. The van der Waals surface area contributed by atoms with E-state index in [1.54, 1.807) is 0 Å². The summed E-state index contributed by atoms with van der Waals surface area (Å²) in [4.78, 5) is 0. The molecule has 1 nitrogen and oxygen atoms in total. The van der Waals surface area contributed by atoms with Crippen molar-refractivity contribution in [3.63, 3.8) is 0 Å². The van der Waals surface area contributed by atoms with E-state index >= 15 is 0 Å². The number of rotatable bonds is 7. The van der Waals surface area contributed by atoms with Crippen LogP contribution in [0.1, 0.15) is 60.3 Å². The zero-order valence-corrected chi connectivity index (χ0v) is 12.3. The molecule has 0 spiro atoms. The van der Waals surface area contributed by atoms with Crippen molar-refractivity contribution in [2.24, 2.45) is 11.8 Å². The first-order valence-corrected chi connectivity index (χ1v) is 6.85. The highest BCUT2D eigenvalue weighted by atomic mass is 14.2. The molecule has 0 aliphatic rings. The van der Waals surface area contributed by atoms with E-state index in [2.05, 4.69) is 26.5 Å². The third-order valence-corrected chi connectivity index (χ3v) is 3.05. The molecule has 2 unspecified atom stereocenters. The fourth-order valence-corrected chi connectivity index (χ4v) is 1.78. The first-order valence-electron chi connectivity index (χ1n) is 6.85. The molecule has 2 atom stereocenters. The Kier molecular flexibility index (Phi) is 14.1. The molecule has 0 fully saturated rings. The predicted molar refractivity (Wildman–Crippen MR) is 77.7 cm³/mol. The molecular formula is C16H29N. The SMILES string of the molecule is C=CC(C)C(CC)CCC/C=C(\C)C#N.CC. The fraction of sp³-hybridized carbons (Fsp3) is 0.688. The molecule has 0 rings (SSSR count). The summed E-state index contributed by atoms with van der Waals surface area (Å²) in [5, 5.41) is 8.58. The van der Waals surface area contributed by atoms with Gasteiger partial charge in [-0.25, -0.2) is 0 Å². The summed E-state index contributed by atoms with van der Waals surface area (Å²) >= 11 is 0. The second-order valence-electron chi connectivity index (χ2n) is 4.19. The van der Waals surface area contributed by atoms with Crippen LogP contribution < -0.4 is 0 Å². The van der Waals surface area contributed by atoms with Gasteiger partial charge in [0.15, 0.2) is 0 Å². The molecule has 0 aliphatic carbocycles. The summed E-state index contributed by atoms with van der Waals surface area (Å²) in [6.45, 7) is 14.2. The summed E-state index contributed by atoms with van der Waals surface area (Å²) in [6, 6.07) is 2.15. The molecule has 0 bridgehead atoms. The van der Waals surface area contributed by atoms with Crippen molar-refractivity contribution in [3.05, 3.63) is 24.3 Å². The van der Waals surface area contributed by atoms with Gasteiger partial charge in [0.2, 0.25) is 0 Å². The molecule has 98 valence electrons. The average molecular weight is 235 g/mol. The quantitative estimate of drug-likeness (QED) is 0.324. The van der Waals surface area contributed by atoms with Gasteiger partial charge in [-0.05, 0) is 38.0 Å². The highest BCUT2D eigenvalue weighted by molar-refractivity contribution is 5.16. The van der Waals surface area contributed by atoms with Crippen molar-refractivity contribution in [1.29, 1.82) is 5.26 Å². The fourth-order valence-electron chi connectivity index (χ4n) is 1.78. The van der Waals surface area contributed by atoms with Crippen LogP contribution in [0.15, 0.2) is 24.3 Å². The lowest BCUT2D eigenvalue weighted by molar-refractivity contribution is 0.371. The van der Waals surface area contributed by atoms with E-state index < -0.39 is 0 Å². The lowest BCUT2D eigenvalue weighted by Gasteiger charge is -2.18. The molecule has 0 saturated heterocycles. The number of hydrogen-bond acceptors (Lipinski definition) is 1. The summed E-state index contributed by atoms with van der Waals surface area (Å²) in [7, 11) is 0. The number of unbranched alkanes of at least 4 members (excludes halogenated alkanes) is 1. The van der Waals surface area contributed by atoms with Gasteiger partial charge in [0.25, 0.3) is 0 Å². The Morgan fingerprint density at radius 3 is 2.41 bits per heavy atom. The molecule has 0 heterocycles. The van der Waals surface area contributed by atoms with E-state index in [1.165, 1.54) is 19.3 Å². The predicted octanol–water partition coefficient (Wildman–Crippen LogP) is 5.50. The zero-order chi connectivity index (χ0) is 13.7. The molecule has 0 N–H and O–H groups in total. The second-order valence-corrected chi connectivity index (χ2v) is 4.19. The van der Waals surface area contributed by atoms with Crippen LogP contribution >= 0.6 is 0 Å².